The average Bonchev–Trinajstić information content (AvgIpc) is 3.16. The first-order valence-corrected chi connectivity index (χ1v) is 14.8. The first kappa shape index (κ1) is 27.3. The Hall–Kier alpha value is -0.750. The quantitative estimate of drug-likeness (QED) is 0.349. The van der Waals surface area contributed by atoms with Crippen molar-refractivity contribution in [2.45, 2.75) is 104 Å². The van der Waals surface area contributed by atoms with Crippen LogP contribution in [0.4, 0.5) is 0 Å². The van der Waals surface area contributed by atoms with Crippen LogP contribution in [0.5, 0.6) is 0 Å². The van der Waals surface area contributed by atoms with E-state index in [1.807, 2.05) is 0 Å². The zero-order valence-corrected chi connectivity index (χ0v) is 23.0. The second-order valence-corrected chi connectivity index (χ2v) is 13.1. The van der Waals surface area contributed by atoms with Crippen LogP contribution in [0.15, 0.2) is 0 Å². The van der Waals surface area contributed by atoms with Crippen molar-refractivity contribution in [3.05, 3.63) is 0 Å². The third kappa shape index (κ3) is 5.04. The van der Waals surface area contributed by atoms with Crippen molar-refractivity contribution in [3.63, 3.8) is 0 Å². The van der Waals surface area contributed by atoms with Gasteiger partial charge in [0.25, 0.3) is 0 Å². The maximum absolute atomic E-state index is 11.8. The second kappa shape index (κ2) is 10.6. The lowest BCUT2D eigenvalue weighted by atomic mass is 9.43. The van der Waals surface area contributed by atoms with E-state index in [-0.39, 0.29) is 35.0 Å². The molecule has 0 radical (unpaired) electrons. The molecule has 35 heavy (non-hydrogen) atoms. The van der Waals surface area contributed by atoms with Gasteiger partial charge in [-0.25, -0.2) is 0 Å². The predicted octanol–water partition coefficient (Wildman–Crippen LogP) is 5.37. The Kier molecular flexibility index (Phi) is 8.23. The molecule has 0 aromatic heterocycles. The van der Waals surface area contributed by atoms with Gasteiger partial charge in [0.2, 0.25) is 0 Å². The third-order valence-electron chi connectivity index (χ3n) is 11.0. The van der Waals surface area contributed by atoms with E-state index in [1.165, 1.54) is 26.9 Å². The standard InChI is InChI=1S/C27H45O7P/c1-16(6-11-25(29)32-5)21-9-10-22-20-8-7-18-14-19(33-17(2)28)12-13-26(18,3)23(20)15-24(27(21,22)4)34-35(30)31/h16,18-24,30-31H,6-15H2,1-5H3/t16-,18?,19+,20?,21-,22?,23?,24-,26-,27+/m0/s1. The molecule has 4 aliphatic carbocycles. The lowest BCUT2D eigenvalue weighted by molar-refractivity contribution is -0.177. The largest absolute Gasteiger partial charge is 0.469 e. The third-order valence-corrected chi connectivity index (χ3v) is 11.5. The molecule has 0 amide bonds. The van der Waals surface area contributed by atoms with Crippen LogP contribution in [-0.2, 0) is 23.6 Å². The van der Waals surface area contributed by atoms with E-state index in [9.17, 15) is 19.4 Å². The molecule has 2 N–H and O–H groups in total. The normalized spacial score (nSPS) is 43.6. The summed E-state index contributed by atoms with van der Waals surface area (Å²) in [6.07, 6.45) is 9.34. The number of carbonyl (C=O) groups is 2. The van der Waals surface area contributed by atoms with Crippen LogP contribution in [0.1, 0.15) is 91.9 Å². The van der Waals surface area contributed by atoms with Gasteiger partial charge in [-0.05, 0) is 98.7 Å². The smallest absolute Gasteiger partial charge is 0.327 e. The fraction of sp³-hybridized carbons (Fsp3) is 0.926. The highest BCUT2D eigenvalue weighted by Crippen LogP contribution is 2.69. The van der Waals surface area contributed by atoms with Gasteiger partial charge in [0, 0.05) is 18.8 Å². The van der Waals surface area contributed by atoms with Crippen molar-refractivity contribution >= 4 is 20.5 Å². The Labute approximate surface area is 211 Å². The van der Waals surface area contributed by atoms with Crippen molar-refractivity contribution in [1.82, 2.24) is 0 Å². The zero-order valence-electron chi connectivity index (χ0n) is 22.1. The number of hydrogen-bond acceptors (Lipinski definition) is 7. The molecule has 0 aromatic rings. The van der Waals surface area contributed by atoms with Crippen LogP contribution in [0.2, 0.25) is 0 Å². The monoisotopic (exact) mass is 512 g/mol. The highest BCUT2D eigenvalue weighted by atomic mass is 31.2. The molecule has 0 saturated heterocycles. The summed E-state index contributed by atoms with van der Waals surface area (Å²) in [5.41, 5.74) is 0.0195. The fourth-order valence-electron chi connectivity index (χ4n) is 9.38. The van der Waals surface area contributed by atoms with Gasteiger partial charge in [-0.1, -0.05) is 20.8 Å². The summed E-state index contributed by atoms with van der Waals surface area (Å²) in [6, 6.07) is 0. The number of methoxy groups -OCH3 is 1. The Balaban J connectivity index is 1.57. The summed E-state index contributed by atoms with van der Waals surface area (Å²) < 4.78 is 16.5. The molecule has 4 rings (SSSR count). The molecule has 0 heterocycles. The SMILES string of the molecule is COC(=O)CC[C@H](C)[C@@H]1CCC2C3CCC4C[C@H](OC(C)=O)CC[C@]4(C)C3C[C@H](OP(O)O)[C@@]21C. The average molecular weight is 513 g/mol. The van der Waals surface area contributed by atoms with Crippen molar-refractivity contribution in [2.24, 2.45) is 46.3 Å². The molecule has 10 atom stereocenters. The van der Waals surface area contributed by atoms with Crippen LogP contribution >= 0.6 is 8.60 Å². The van der Waals surface area contributed by atoms with Gasteiger partial charge in [-0.15, -0.1) is 0 Å². The Morgan fingerprint density at radius 3 is 2.46 bits per heavy atom. The minimum absolute atomic E-state index is 0.0253. The highest BCUT2D eigenvalue weighted by Gasteiger charge is 2.64. The van der Waals surface area contributed by atoms with Crippen LogP contribution in [0.25, 0.3) is 0 Å². The molecule has 0 aliphatic heterocycles. The molecule has 200 valence electrons. The van der Waals surface area contributed by atoms with Gasteiger partial charge in [0.05, 0.1) is 13.2 Å². The van der Waals surface area contributed by atoms with Gasteiger partial charge in [-0.3, -0.25) is 9.59 Å². The molecule has 4 unspecified atom stereocenters. The lowest BCUT2D eigenvalue weighted by Gasteiger charge is -2.63. The second-order valence-electron chi connectivity index (χ2n) is 12.4. The molecule has 4 saturated carbocycles. The van der Waals surface area contributed by atoms with E-state index in [1.54, 1.807) is 0 Å². The summed E-state index contributed by atoms with van der Waals surface area (Å²) in [7, 11) is -1.01. The topological polar surface area (TPSA) is 102 Å². The Bertz CT molecular complexity index is 789. The van der Waals surface area contributed by atoms with E-state index >= 15 is 0 Å². The highest BCUT2D eigenvalue weighted by molar-refractivity contribution is 7.39. The van der Waals surface area contributed by atoms with Crippen molar-refractivity contribution in [2.75, 3.05) is 7.11 Å². The summed E-state index contributed by atoms with van der Waals surface area (Å²) in [5.74, 6) is 2.44. The molecule has 4 fully saturated rings. The van der Waals surface area contributed by atoms with Crippen molar-refractivity contribution in [3.8, 4) is 0 Å². The van der Waals surface area contributed by atoms with E-state index in [0.29, 0.717) is 41.9 Å². The number of fused-ring (bicyclic) bond motifs is 5. The molecule has 0 spiro atoms. The predicted molar refractivity (Wildman–Crippen MR) is 133 cm³/mol. The minimum Gasteiger partial charge on any atom is -0.469 e. The molecule has 0 bridgehead atoms. The van der Waals surface area contributed by atoms with Crippen LogP contribution < -0.4 is 0 Å². The van der Waals surface area contributed by atoms with Gasteiger partial charge >= 0.3 is 20.5 Å². The maximum atomic E-state index is 11.8. The first-order valence-electron chi connectivity index (χ1n) is 13.6. The van der Waals surface area contributed by atoms with Gasteiger partial charge in [0.15, 0.2) is 0 Å². The summed E-state index contributed by atoms with van der Waals surface area (Å²) in [6.45, 7) is 8.50. The van der Waals surface area contributed by atoms with Gasteiger partial charge < -0.3 is 23.8 Å². The van der Waals surface area contributed by atoms with Gasteiger partial charge in [-0.2, -0.15) is 0 Å². The summed E-state index contributed by atoms with van der Waals surface area (Å²) >= 11 is 0. The fourth-order valence-corrected chi connectivity index (χ4v) is 9.92. The van der Waals surface area contributed by atoms with E-state index in [2.05, 4.69) is 20.8 Å². The number of ether oxygens (including phenoxy) is 2. The molecular formula is C27H45O7P. The number of carbonyl (C=O) groups excluding carboxylic acids is 2. The Morgan fingerprint density at radius 1 is 1.06 bits per heavy atom. The van der Waals surface area contributed by atoms with E-state index < -0.39 is 8.60 Å². The van der Waals surface area contributed by atoms with Crippen LogP contribution in [-0.4, -0.2) is 41.0 Å². The zero-order chi connectivity index (χ0) is 25.5. The molecule has 8 heteroatoms. The van der Waals surface area contributed by atoms with E-state index in [4.69, 9.17) is 14.0 Å². The van der Waals surface area contributed by atoms with Crippen molar-refractivity contribution < 1.29 is 33.4 Å². The lowest BCUT2D eigenvalue weighted by Crippen LogP contribution is -2.59. The van der Waals surface area contributed by atoms with Gasteiger partial charge in [0.1, 0.15) is 6.10 Å². The minimum atomic E-state index is -2.45. The van der Waals surface area contributed by atoms with Crippen molar-refractivity contribution in [1.29, 1.82) is 0 Å². The van der Waals surface area contributed by atoms with Crippen LogP contribution in [0.3, 0.4) is 0 Å². The molecule has 4 aliphatic rings. The maximum Gasteiger partial charge on any atom is 0.327 e. The number of hydrogen-bond donors (Lipinski definition) is 2. The first-order chi connectivity index (χ1) is 16.5. The van der Waals surface area contributed by atoms with E-state index in [0.717, 1.165) is 44.9 Å². The molecular weight excluding hydrogens is 467 g/mol. The number of rotatable bonds is 7. The summed E-state index contributed by atoms with van der Waals surface area (Å²) in [4.78, 5) is 43.3. The molecule has 7 nitrogen and oxygen atoms in total. The summed E-state index contributed by atoms with van der Waals surface area (Å²) in [5, 5.41) is 0. The Morgan fingerprint density at radius 2 is 1.80 bits per heavy atom. The molecule has 0 aromatic carbocycles. The number of esters is 2. The van der Waals surface area contributed by atoms with Crippen LogP contribution in [0, 0.1) is 46.3 Å².